The third-order valence-corrected chi connectivity index (χ3v) is 2.59. The molecule has 0 fully saturated rings. The van der Waals surface area contributed by atoms with Gasteiger partial charge in [-0.2, -0.15) is 0 Å². The van der Waals surface area contributed by atoms with E-state index in [0.717, 1.165) is 16.4 Å². The third-order valence-electron chi connectivity index (χ3n) is 2.00. The number of ketones is 1. The van der Waals surface area contributed by atoms with E-state index in [1.54, 1.807) is 18.7 Å². The van der Waals surface area contributed by atoms with Crippen LogP contribution in [0.2, 0.25) is 0 Å². The molecule has 0 amide bonds. The fourth-order valence-corrected chi connectivity index (χ4v) is 1.99. The van der Waals surface area contributed by atoms with E-state index < -0.39 is 0 Å². The smallest absolute Gasteiger partial charge is 0.161 e. The number of nitrogens with zero attached hydrogens (tertiary/aromatic N) is 1. The van der Waals surface area contributed by atoms with Crippen molar-refractivity contribution in [1.82, 2.24) is 5.32 Å². The van der Waals surface area contributed by atoms with Gasteiger partial charge in [0.05, 0.1) is 6.04 Å². The minimum absolute atomic E-state index is 0.0128. The monoisotopic (exact) mass is 198 g/mol. The maximum Gasteiger partial charge on any atom is 0.161 e. The first kappa shape index (κ1) is 10.3. The van der Waals surface area contributed by atoms with Crippen LogP contribution in [0.25, 0.3) is 0 Å². The van der Waals surface area contributed by atoms with Crippen molar-refractivity contribution < 1.29 is 4.79 Å². The molecule has 0 aromatic heterocycles. The van der Waals surface area contributed by atoms with E-state index in [2.05, 4.69) is 10.3 Å². The van der Waals surface area contributed by atoms with Gasteiger partial charge in [0, 0.05) is 11.3 Å². The molecule has 0 bridgehead atoms. The molecular weight excluding hydrogens is 184 g/mol. The fraction of sp³-hybridized carbons (Fsp3) is 0.556. The Bertz CT molecular complexity index is 294. The number of carbonyl (C=O) groups is 1. The summed E-state index contributed by atoms with van der Waals surface area (Å²) in [7, 11) is 0. The topological polar surface area (TPSA) is 41.5 Å². The Balaban J connectivity index is 2.94. The second-order valence-electron chi connectivity index (χ2n) is 3.03. The molecule has 1 atom stereocenters. The standard InChI is InChI=1S/C9H14N2OS/c1-5-8(7(3)12)6(2)11-9(10-5)13-4/h5H,1-4H3,(H,10,11). The molecule has 1 aliphatic heterocycles. The Morgan fingerprint density at radius 2 is 2.23 bits per heavy atom. The highest BCUT2D eigenvalue weighted by Crippen LogP contribution is 2.18. The van der Waals surface area contributed by atoms with Crippen LogP contribution in [-0.4, -0.2) is 23.2 Å². The van der Waals surface area contributed by atoms with Gasteiger partial charge in [-0.15, -0.1) is 0 Å². The zero-order valence-electron chi connectivity index (χ0n) is 8.34. The van der Waals surface area contributed by atoms with Crippen molar-refractivity contribution in [3.8, 4) is 0 Å². The van der Waals surface area contributed by atoms with Gasteiger partial charge in [-0.3, -0.25) is 9.79 Å². The van der Waals surface area contributed by atoms with Crippen molar-refractivity contribution in [1.29, 1.82) is 0 Å². The molecule has 0 saturated heterocycles. The van der Waals surface area contributed by atoms with E-state index in [1.165, 1.54) is 0 Å². The summed E-state index contributed by atoms with van der Waals surface area (Å²) < 4.78 is 0. The number of rotatable bonds is 1. The summed E-state index contributed by atoms with van der Waals surface area (Å²) >= 11 is 1.56. The number of amidine groups is 1. The highest BCUT2D eigenvalue weighted by Gasteiger charge is 2.21. The number of nitrogens with one attached hydrogen (secondary N) is 1. The lowest BCUT2D eigenvalue weighted by molar-refractivity contribution is -0.113. The van der Waals surface area contributed by atoms with Gasteiger partial charge < -0.3 is 5.32 Å². The molecule has 72 valence electrons. The first-order valence-corrected chi connectivity index (χ1v) is 5.39. The van der Waals surface area contributed by atoms with Crippen molar-refractivity contribution in [3.05, 3.63) is 11.3 Å². The Labute approximate surface area is 82.7 Å². The summed E-state index contributed by atoms with van der Waals surface area (Å²) in [5.41, 5.74) is 1.72. The first-order chi connectivity index (χ1) is 6.06. The average Bonchev–Trinajstić information content (AvgIpc) is 2.02. The zero-order chi connectivity index (χ0) is 10.0. The molecular formula is C9H14N2OS. The van der Waals surface area contributed by atoms with Crippen LogP contribution in [-0.2, 0) is 4.79 Å². The minimum atomic E-state index is -0.0128. The van der Waals surface area contributed by atoms with E-state index in [1.807, 2.05) is 20.1 Å². The largest absolute Gasteiger partial charge is 0.338 e. The fourth-order valence-electron chi connectivity index (χ4n) is 1.48. The lowest BCUT2D eigenvalue weighted by atomic mass is 10.0. The molecule has 0 aromatic rings. The van der Waals surface area contributed by atoms with E-state index in [0.29, 0.717) is 0 Å². The normalized spacial score (nSPS) is 22.5. The number of aliphatic imine (C=N–C) groups is 1. The van der Waals surface area contributed by atoms with Crippen LogP contribution in [0.15, 0.2) is 16.3 Å². The van der Waals surface area contributed by atoms with Crippen LogP contribution in [0, 0.1) is 0 Å². The van der Waals surface area contributed by atoms with Gasteiger partial charge in [-0.1, -0.05) is 11.8 Å². The molecule has 13 heavy (non-hydrogen) atoms. The van der Waals surface area contributed by atoms with Crippen molar-refractivity contribution in [2.45, 2.75) is 26.8 Å². The lowest BCUT2D eigenvalue weighted by Crippen LogP contribution is -2.30. The van der Waals surface area contributed by atoms with Crippen molar-refractivity contribution in [2.75, 3.05) is 6.26 Å². The highest BCUT2D eigenvalue weighted by atomic mass is 32.2. The first-order valence-electron chi connectivity index (χ1n) is 4.16. The predicted molar refractivity (Wildman–Crippen MR) is 56.9 cm³/mol. The number of carbonyl (C=O) groups excluding carboxylic acids is 1. The van der Waals surface area contributed by atoms with Crippen LogP contribution in [0.3, 0.4) is 0 Å². The van der Waals surface area contributed by atoms with Crippen molar-refractivity contribution >= 4 is 22.7 Å². The Morgan fingerprint density at radius 3 is 2.62 bits per heavy atom. The maximum absolute atomic E-state index is 11.2. The van der Waals surface area contributed by atoms with E-state index >= 15 is 0 Å². The zero-order valence-corrected chi connectivity index (χ0v) is 9.16. The number of hydrogen-bond acceptors (Lipinski definition) is 4. The average molecular weight is 198 g/mol. The Morgan fingerprint density at radius 1 is 1.62 bits per heavy atom. The molecule has 1 rings (SSSR count). The molecule has 4 heteroatoms. The van der Waals surface area contributed by atoms with Gasteiger partial charge in [0.1, 0.15) is 0 Å². The molecule has 0 aromatic carbocycles. The van der Waals surface area contributed by atoms with Crippen LogP contribution >= 0.6 is 11.8 Å². The van der Waals surface area contributed by atoms with Gasteiger partial charge in [-0.25, -0.2) is 0 Å². The van der Waals surface area contributed by atoms with Crippen molar-refractivity contribution in [3.63, 3.8) is 0 Å². The van der Waals surface area contributed by atoms with Crippen LogP contribution in [0.5, 0.6) is 0 Å². The lowest BCUT2D eigenvalue weighted by Gasteiger charge is -2.21. The summed E-state index contributed by atoms with van der Waals surface area (Å²) in [5, 5.41) is 3.98. The second kappa shape index (κ2) is 3.96. The second-order valence-corrected chi connectivity index (χ2v) is 3.83. The summed E-state index contributed by atoms with van der Waals surface area (Å²) in [6.07, 6.45) is 1.96. The summed E-state index contributed by atoms with van der Waals surface area (Å²) in [5.74, 6) is 0.0985. The van der Waals surface area contributed by atoms with Gasteiger partial charge >= 0.3 is 0 Å². The molecule has 0 saturated carbocycles. The number of hydrogen-bond donors (Lipinski definition) is 1. The molecule has 1 aliphatic rings. The van der Waals surface area contributed by atoms with E-state index in [9.17, 15) is 4.79 Å². The van der Waals surface area contributed by atoms with Crippen LogP contribution in [0.4, 0.5) is 0 Å². The van der Waals surface area contributed by atoms with Crippen LogP contribution in [0.1, 0.15) is 20.8 Å². The van der Waals surface area contributed by atoms with E-state index in [-0.39, 0.29) is 11.8 Å². The minimum Gasteiger partial charge on any atom is -0.338 e. The molecule has 0 spiro atoms. The maximum atomic E-state index is 11.2. The number of allylic oxidation sites excluding steroid dienone is 1. The predicted octanol–water partition coefficient (Wildman–Crippen LogP) is 1.56. The molecule has 0 aliphatic carbocycles. The molecule has 1 heterocycles. The third kappa shape index (κ3) is 2.12. The van der Waals surface area contributed by atoms with Crippen molar-refractivity contribution in [2.24, 2.45) is 4.99 Å². The van der Waals surface area contributed by atoms with Crippen LogP contribution < -0.4 is 5.32 Å². The SMILES string of the molecule is CSC1=NC(C)C(C(C)=O)=C(C)N1. The number of Topliss-reactive ketones (excluding diaryl/α,β-unsaturated/α-hetero) is 1. The van der Waals surface area contributed by atoms with Gasteiger partial charge in [0.15, 0.2) is 11.0 Å². The summed E-state index contributed by atoms with van der Waals surface area (Å²) in [4.78, 5) is 15.6. The van der Waals surface area contributed by atoms with E-state index in [4.69, 9.17) is 0 Å². The summed E-state index contributed by atoms with van der Waals surface area (Å²) in [6.45, 7) is 5.44. The van der Waals surface area contributed by atoms with Gasteiger partial charge in [0.2, 0.25) is 0 Å². The van der Waals surface area contributed by atoms with Gasteiger partial charge in [-0.05, 0) is 27.0 Å². The molecule has 1 N–H and O–H groups in total. The molecule has 3 nitrogen and oxygen atoms in total. The summed E-state index contributed by atoms with van der Waals surface area (Å²) in [6, 6.07) is -0.0128. The quantitative estimate of drug-likeness (QED) is 0.695. The van der Waals surface area contributed by atoms with Gasteiger partial charge in [0.25, 0.3) is 0 Å². The molecule has 0 radical (unpaired) electrons. The highest BCUT2D eigenvalue weighted by molar-refractivity contribution is 8.13. The Kier molecular flexibility index (Phi) is 3.14. The molecule has 1 unspecified atom stereocenters. The Hall–Kier alpha value is -0.770. The number of thioether (sulfide) groups is 1.